The summed E-state index contributed by atoms with van der Waals surface area (Å²) in [4.78, 5) is 4.36. The van der Waals surface area contributed by atoms with Gasteiger partial charge in [-0.2, -0.15) is 4.98 Å². The number of nitrogens with two attached hydrogens (primary N) is 1. The van der Waals surface area contributed by atoms with Gasteiger partial charge in [0.25, 0.3) is 0 Å². The van der Waals surface area contributed by atoms with Gasteiger partial charge in [-0.3, -0.25) is 0 Å². The van der Waals surface area contributed by atoms with E-state index in [1.165, 1.54) is 0 Å². The van der Waals surface area contributed by atoms with Gasteiger partial charge in [0.2, 0.25) is 11.7 Å². The maximum Gasteiger partial charge on any atom is 0.231 e. The summed E-state index contributed by atoms with van der Waals surface area (Å²) in [6, 6.07) is 0.00366. The molecule has 2 atom stereocenters. The lowest BCUT2D eigenvalue weighted by Gasteiger charge is -2.18. The molecule has 2 N–H and O–H groups in total. The molecular weight excluding hydrogens is 206 g/mol. The maximum atomic E-state index is 5.87. The van der Waals surface area contributed by atoms with Crippen molar-refractivity contribution < 1.29 is 9.26 Å². The smallest absolute Gasteiger partial charge is 0.231 e. The number of aromatic nitrogens is 2. The van der Waals surface area contributed by atoms with Crippen molar-refractivity contribution in [2.75, 3.05) is 7.11 Å². The van der Waals surface area contributed by atoms with Gasteiger partial charge in [0.1, 0.15) is 5.60 Å². The van der Waals surface area contributed by atoms with Crippen molar-refractivity contribution in [3.8, 4) is 0 Å². The number of methoxy groups -OCH3 is 1. The molecule has 0 saturated heterocycles. The standard InChI is InChI=1S/C11H21N3O2/c1-6-8(7(2)12)9-13-10(14-16-9)11(3,4)15-5/h7-8H,6,12H2,1-5H3. The predicted octanol–water partition coefficient (Wildman–Crippen LogP) is 1.79. The average molecular weight is 227 g/mol. The Balaban J connectivity index is 2.94. The average Bonchev–Trinajstić information content (AvgIpc) is 2.68. The van der Waals surface area contributed by atoms with Gasteiger partial charge in [-0.15, -0.1) is 0 Å². The zero-order chi connectivity index (χ0) is 12.3. The van der Waals surface area contributed by atoms with Gasteiger partial charge in [0.15, 0.2) is 0 Å². The zero-order valence-corrected chi connectivity index (χ0v) is 10.7. The van der Waals surface area contributed by atoms with E-state index in [0.717, 1.165) is 6.42 Å². The Bertz CT molecular complexity index is 334. The predicted molar refractivity (Wildman–Crippen MR) is 61.0 cm³/mol. The molecule has 1 heterocycles. The minimum atomic E-state index is -0.530. The highest BCUT2D eigenvalue weighted by Crippen LogP contribution is 2.25. The Morgan fingerprint density at radius 2 is 2.12 bits per heavy atom. The summed E-state index contributed by atoms with van der Waals surface area (Å²) in [5, 5.41) is 3.94. The van der Waals surface area contributed by atoms with Gasteiger partial charge >= 0.3 is 0 Å². The number of nitrogens with zero attached hydrogens (tertiary/aromatic N) is 2. The lowest BCUT2D eigenvalue weighted by atomic mass is 9.99. The van der Waals surface area contributed by atoms with Crippen LogP contribution in [0.3, 0.4) is 0 Å². The Hall–Kier alpha value is -0.940. The molecule has 0 fully saturated rings. The number of rotatable bonds is 5. The highest BCUT2D eigenvalue weighted by Gasteiger charge is 2.29. The lowest BCUT2D eigenvalue weighted by Crippen LogP contribution is -2.25. The van der Waals surface area contributed by atoms with Crippen LogP contribution in [0, 0.1) is 0 Å². The summed E-state index contributed by atoms with van der Waals surface area (Å²) in [7, 11) is 1.62. The van der Waals surface area contributed by atoms with Gasteiger partial charge in [0.05, 0.1) is 5.92 Å². The van der Waals surface area contributed by atoms with Crippen molar-refractivity contribution in [2.45, 2.75) is 51.7 Å². The zero-order valence-electron chi connectivity index (χ0n) is 10.7. The van der Waals surface area contributed by atoms with Crippen LogP contribution in [0.4, 0.5) is 0 Å². The molecule has 0 radical (unpaired) electrons. The van der Waals surface area contributed by atoms with Crippen molar-refractivity contribution in [2.24, 2.45) is 5.73 Å². The molecule has 92 valence electrons. The van der Waals surface area contributed by atoms with Crippen LogP contribution < -0.4 is 5.73 Å². The molecule has 1 rings (SSSR count). The highest BCUT2D eigenvalue weighted by molar-refractivity contribution is 5.02. The number of hydrogen-bond acceptors (Lipinski definition) is 5. The summed E-state index contributed by atoms with van der Waals surface area (Å²) in [5.74, 6) is 1.26. The van der Waals surface area contributed by atoms with E-state index in [4.69, 9.17) is 15.0 Å². The van der Waals surface area contributed by atoms with Crippen LogP contribution in [-0.4, -0.2) is 23.3 Å². The molecule has 0 aliphatic heterocycles. The van der Waals surface area contributed by atoms with Crippen molar-refractivity contribution in [1.82, 2.24) is 10.1 Å². The summed E-state index contributed by atoms with van der Waals surface area (Å²) in [5.41, 5.74) is 5.34. The second kappa shape index (κ2) is 4.93. The SMILES string of the molecule is CCC(c1nc(C(C)(C)OC)no1)C(C)N. The first-order valence-corrected chi connectivity index (χ1v) is 5.57. The molecule has 1 aromatic heterocycles. The topological polar surface area (TPSA) is 74.2 Å². The van der Waals surface area contributed by atoms with E-state index in [1.54, 1.807) is 7.11 Å². The lowest BCUT2D eigenvalue weighted by molar-refractivity contribution is 0.00973. The van der Waals surface area contributed by atoms with E-state index >= 15 is 0 Å². The molecule has 0 aliphatic carbocycles. The molecule has 0 spiro atoms. The van der Waals surface area contributed by atoms with Crippen LogP contribution in [0.5, 0.6) is 0 Å². The Morgan fingerprint density at radius 3 is 2.56 bits per heavy atom. The van der Waals surface area contributed by atoms with Crippen molar-refractivity contribution in [3.05, 3.63) is 11.7 Å². The minimum absolute atomic E-state index is 0.00366. The highest BCUT2D eigenvalue weighted by atomic mass is 16.5. The van der Waals surface area contributed by atoms with Crippen LogP contribution in [0.1, 0.15) is 51.7 Å². The fourth-order valence-corrected chi connectivity index (χ4v) is 1.49. The normalized spacial score (nSPS) is 16.1. The van der Waals surface area contributed by atoms with Crippen molar-refractivity contribution in [3.63, 3.8) is 0 Å². The first-order valence-electron chi connectivity index (χ1n) is 5.57. The number of hydrogen-bond donors (Lipinski definition) is 1. The molecule has 5 heteroatoms. The first-order chi connectivity index (χ1) is 7.42. The molecule has 0 aromatic carbocycles. The molecular formula is C11H21N3O2. The third kappa shape index (κ3) is 2.59. The maximum absolute atomic E-state index is 5.87. The Morgan fingerprint density at radius 1 is 1.50 bits per heavy atom. The monoisotopic (exact) mass is 227 g/mol. The summed E-state index contributed by atoms with van der Waals surface area (Å²) in [6.45, 7) is 7.79. The second-order valence-corrected chi connectivity index (χ2v) is 4.54. The van der Waals surface area contributed by atoms with Crippen LogP contribution in [0.25, 0.3) is 0 Å². The van der Waals surface area contributed by atoms with E-state index < -0.39 is 5.60 Å². The van der Waals surface area contributed by atoms with Crippen LogP contribution in [0.2, 0.25) is 0 Å². The third-order valence-electron chi connectivity index (χ3n) is 2.88. The molecule has 0 bridgehead atoms. The summed E-state index contributed by atoms with van der Waals surface area (Å²) < 4.78 is 10.5. The van der Waals surface area contributed by atoms with Gasteiger partial charge in [-0.25, -0.2) is 0 Å². The molecule has 16 heavy (non-hydrogen) atoms. The summed E-state index contributed by atoms with van der Waals surface area (Å²) in [6.07, 6.45) is 0.882. The van der Waals surface area contributed by atoms with E-state index in [2.05, 4.69) is 17.1 Å². The van der Waals surface area contributed by atoms with E-state index in [0.29, 0.717) is 11.7 Å². The van der Waals surface area contributed by atoms with Crippen molar-refractivity contribution in [1.29, 1.82) is 0 Å². The van der Waals surface area contributed by atoms with E-state index in [-0.39, 0.29) is 12.0 Å². The molecule has 0 aliphatic rings. The fourth-order valence-electron chi connectivity index (χ4n) is 1.49. The molecule has 0 saturated carbocycles. The van der Waals surface area contributed by atoms with Crippen LogP contribution in [-0.2, 0) is 10.3 Å². The van der Waals surface area contributed by atoms with Gasteiger partial charge in [-0.1, -0.05) is 12.1 Å². The molecule has 5 nitrogen and oxygen atoms in total. The third-order valence-corrected chi connectivity index (χ3v) is 2.88. The minimum Gasteiger partial charge on any atom is -0.371 e. The molecule has 1 aromatic rings. The van der Waals surface area contributed by atoms with Gasteiger partial charge < -0.3 is 15.0 Å². The number of ether oxygens (including phenoxy) is 1. The van der Waals surface area contributed by atoms with E-state index in [9.17, 15) is 0 Å². The quantitative estimate of drug-likeness (QED) is 0.830. The second-order valence-electron chi connectivity index (χ2n) is 4.54. The van der Waals surface area contributed by atoms with Crippen LogP contribution >= 0.6 is 0 Å². The molecule has 2 unspecified atom stereocenters. The van der Waals surface area contributed by atoms with Crippen LogP contribution in [0.15, 0.2) is 4.52 Å². The molecule has 0 amide bonds. The Kier molecular flexibility index (Phi) is 4.04. The van der Waals surface area contributed by atoms with Gasteiger partial charge in [-0.05, 0) is 27.2 Å². The fraction of sp³-hybridized carbons (Fsp3) is 0.818. The largest absolute Gasteiger partial charge is 0.371 e. The first kappa shape index (κ1) is 13.1. The van der Waals surface area contributed by atoms with E-state index in [1.807, 2.05) is 20.8 Å². The summed E-state index contributed by atoms with van der Waals surface area (Å²) >= 11 is 0. The Labute approximate surface area is 96.4 Å². The van der Waals surface area contributed by atoms with Gasteiger partial charge in [0, 0.05) is 13.2 Å². The van der Waals surface area contributed by atoms with Crippen molar-refractivity contribution >= 4 is 0 Å².